The first-order valence-electron chi connectivity index (χ1n) is 5.46. The fraction of sp³-hybridized carbons (Fsp3) is 0.231. The summed E-state index contributed by atoms with van der Waals surface area (Å²) in [6.07, 6.45) is 7.30. The van der Waals surface area contributed by atoms with Gasteiger partial charge in [-0.15, -0.1) is 0 Å². The van der Waals surface area contributed by atoms with E-state index in [0.717, 1.165) is 22.2 Å². The second-order valence-electron chi connectivity index (χ2n) is 3.94. The normalized spacial score (nSPS) is 13.4. The van der Waals surface area contributed by atoms with Crippen molar-refractivity contribution in [2.45, 2.75) is 19.9 Å². The zero-order chi connectivity index (χ0) is 12.4. The van der Waals surface area contributed by atoms with Crippen LogP contribution in [0.2, 0.25) is 5.02 Å². The van der Waals surface area contributed by atoms with Gasteiger partial charge in [-0.3, -0.25) is 9.97 Å². The number of fused-ring (bicyclic) bond motifs is 1. The summed E-state index contributed by atoms with van der Waals surface area (Å²) in [5.41, 5.74) is 8.36. The van der Waals surface area contributed by atoms with Crippen molar-refractivity contribution in [2.75, 3.05) is 0 Å². The van der Waals surface area contributed by atoms with E-state index in [-0.39, 0.29) is 6.04 Å². The number of aromatic nitrogens is 2. The van der Waals surface area contributed by atoms with E-state index >= 15 is 0 Å². The second kappa shape index (κ2) is 4.82. The Labute approximate surface area is 105 Å². The summed E-state index contributed by atoms with van der Waals surface area (Å²) in [6, 6.07) is 1.80. The van der Waals surface area contributed by atoms with Crippen LogP contribution in [0.5, 0.6) is 0 Å². The molecule has 1 unspecified atom stereocenters. The molecule has 0 bridgehead atoms. The van der Waals surface area contributed by atoms with E-state index in [0.29, 0.717) is 5.02 Å². The van der Waals surface area contributed by atoms with Crippen molar-refractivity contribution in [3.8, 4) is 0 Å². The lowest BCUT2D eigenvalue weighted by molar-refractivity contribution is 0.815. The van der Waals surface area contributed by atoms with E-state index in [2.05, 4.69) is 9.97 Å². The van der Waals surface area contributed by atoms with Crippen LogP contribution in [0.1, 0.15) is 31.1 Å². The Hall–Kier alpha value is -1.45. The predicted molar refractivity (Wildman–Crippen MR) is 71.9 cm³/mol. The van der Waals surface area contributed by atoms with Gasteiger partial charge in [0.15, 0.2) is 0 Å². The van der Waals surface area contributed by atoms with Crippen molar-refractivity contribution in [1.82, 2.24) is 9.97 Å². The number of allylic oxidation sites excluding steroid dienone is 1. The average molecular weight is 248 g/mol. The fourth-order valence-electron chi connectivity index (χ4n) is 1.67. The van der Waals surface area contributed by atoms with E-state index in [1.165, 1.54) is 0 Å². The standard InChI is InChI=1S/C13H14ClN3/c1-3-4-9-5-10-12(7-16-9)17-6-11(8(2)15)13(10)14/h3-8H,15H2,1-2H3. The summed E-state index contributed by atoms with van der Waals surface area (Å²) in [4.78, 5) is 8.59. The molecule has 0 amide bonds. The van der Waals surface area contributed by atoms with Crippen LogP contribution in [0, 0.1) is 0 Å². The Morgan fingerprint density at radius 2 is 2.12 bits per heavy atom. The van der Waals surface area contributed by atoms with Gasteiger partial charge in [0, 0.05) is 23.2 Å². The summed E-state index contributed by atoms with van der Waals surface area (Å²) in [5, 5.41) is 1.56. The quantitative estimate of drug-likeness (QED) is 0.886. The summed E-state index contributed by atoms with van der Waals surface area (Å²) in [7, 11) is 0. The molecule has 2 aromatic rings. The topological polar surface area (TPSA) is 51.8 Å². The number of nitrogens with two attached hydrogens (primary N) is 1. The summed E-state index contributed by atoms with van der Waals surface area (Å²) < 4.78 is 0. The number of pyridine rings is 2. The van der Waals surface area contributed by atoms with Gasteiger partial charge < -0.3 is 5.73 Å². The molecule has 0 saturated heterocycles. The molecule has 0 saturated carbocycles. The smallest absolute Gasteiger partial charge is 0.0900 e. The van der Waals surface area contributed by atoms with Gasteiger partial charge in [-0.1, -0.05) is 17.7 Å². The molecule has 0 fully saturated rings. The van der Waals surface area contributed by atoms with Crippen molar-refractivity contribution in [1.29, 1.82) is 0 Å². The maximum Gasteiger partial charge on any atom is 0.0900 e. The van der Waals surface area contributed by atoms with Crippen molar-refractivity contribution >= 4 is 28.6 Å². The zero-order valence-corrected chi connectivity index (χ0v) is 10.6. The molecule has 4 heteroatoms. The molecular weight excluding hydrogens is 234 g/mol. The third kappa shape index (κ3) is 2.30. The highest BCUT2D eigenvalue weighted by atomic mass is 35.5. The van der Waals surface area contributed by atoms with Gasteiger partial charge >= 0.3 is 0 Å². The van der Waals surface area contributed by atoms with Crippen LogP contribution in [-0.4, -0.2) is 9.97 Å². The number of rotatable bonds is 2. The number of nitrogens with zero attached hydrogens (tertiary/aromatic N) is 2. The minimum absolute atomic E-state index is 0.127. The molecule has 0 aromatic carbocycles. The van der Waals surface area contributed by atoms with Gasteiger partial charge in [-0.05, 0) is 26.0 Å². The van der Waals surface area contributed by atoms with Crippen LogP contribution < -0.4 is 5.73 Å². The highest BCUT2D eigenvalue weighted by Crippen LogP contribution is 2.28. The van der Waals surface area contributed by atoms with Gasteiger partial charge in [0.05, 0.1) is 22.4 Å². The largest absolute Gasteiger partial charge is 0.324 e. The monoisotopic (exact) mass is 247 g/mol. The van der Waals surface area contributed by atoms with Gasteiger partial charge in [0.1, 0.15) is 0 Å². The number of halogens is 1. The molecule has 0 radical (unpaired) electrons. The molecule has 0 aliphatic rings. The molecule has 3 nitrogen and oxygen atoms in total. The third-order valence-corrected chi connectivity index (χ3v) is 2.99. The van der Waals surface area contributed by atoms with E-state index < -0.39 is 0 Å². The average Bonchev–Trinajstić information content (AvgIpc) is 2.30. The molecule has 2 rings (SSSR count). The third-order valence-electron chi connectivity index (χ3n) is 2.56. The SMILES string of the molecule is CC=Cc1cc2c(Cl)c(C(C)N)cnc2cn1. The summed E-state index contributed by atoms with van der Waals surface area (Å²) in [5.74, 6) is 0. The minimum atomic E-state index is -0.127. The first-order chi connectivity index (χ1) is 8.13. The number of hydrogen-bond acceptors (Lipinski definition) is 3. The minimum Gasteiger partial charge on any atom is -0.324 e. The Kier molecular flexibility index (Phi) is 3.41. The lowest BCUT2D eigenvalue weighted by atomic mass is 10.1. The zero-order valence-electron chi connectivity index (χ0n) is 9.81. The lowest BCUT2D eigenvalue weighted by Gasteiger charge is -2.10. The van der Waals surface area contributed by atoms with Crippen LogP contribution in [-0.2, 0) is 0 Å². The van der Waals surface area contributed by atoms with Gasteiger partial charge in [0.2, 0.25) is 0 Å². The van der Waals surface area contributed by atoms with E-state index in [9.17, 15) is 0 Å². The van der Waals surface area contributed by atoms with Gasteiger partial charge in [-0.2, -0.15) is 0 Å². The highest BCUT2D eigenvalue weighted by molar-refractivity contribution is 6.36. The molecule has 1 atom stereocenters. The molecular formula is C13H14ClN3. The second-order valence-corrected chi connectivity index (χ2v) is 4.32. The van der Waals surface area contributed by atoms with Gasteiger partial charge in [-0.25, -0.2) is 0 Å². The molecule has 2 heterocycles. The van der Waals surface area contributed by atoms with Crippen LogP contribution in [0.3, 0.4) is 0 Å². The van der Waals surface area contributed by atoms with Gasteiger partial charge in [0.25, 0.3) is 0 Å². The molecule has 2 aromatic heterocycles. The van der Waals surface area contributed by atoms with Crippen molar-refractivity contribution in [3.63, 3.8) is 0 Å². The summed E-state index contributed by atoms with van der Waals surface area (Å²) >= 11 is 6.34. The van der Waals surface area contributed by atoms with Crippen molar-refractivity contribution < 1.29 is 0 Å². The molecule has 0 spiro atoms. The Bertz CT molecular complexity index is 576. The summed E-state index contributed by atoms with van der Waals surface area (Å²) in [6.45, 7) is 3.84. The van der Waals surface area contributed by atoms with E-state index in [4.69, 9.17) is 17.3 Å². The fourth-order valence-corrected chi connectivity index (χ4v) is 2.05. The lowest BCUT2D eigenvalue weighted by Crippen LogP contribution is -2.06. The van der Waals surface area contributed by atoms with E-state index in [1.54, 1.807) is 12.4 Å². The van der Waals surface area contributed by atoms with Crippen LogP contribution in [0.4, 0.5) is 0 Å². The predicted octanol–water partition coefficient (Wildman–Crippen LogP) is 3.34. The molecule has 2 N–H and O–H groups in total. The van der Waals surface area contributed by atoms with Crippen molar-refractivity contribution in [2.24, 2.45) is 5.73 Å². The first-order valence-corrected chi connectivity index (χ1v) is 5.83. The Morgan fingerprint density at radius 3 is 2.76 bits per heavy atom. The molecule has 17 heavy (non-hydrogen) atoms. The van der Waals surface area contributed by atoms with E-state index in [1.807, 2.05) is 32.1 Å². The Morgan fingerprint density at radius 1 is 1.35 bits per heavy atom. The highest BCUT2D eigenvalue weighted by Gasteiger charge is 2.10. The maximum atomic E-state index is 6.34. The molecule has 88 valence electrons. The van der Waals surface area contributed by atoms with Crippen LogP contribution in [0.25, 0.3) is 17.0 Å². The first kappa shape index (κ1) is 12.0. The van der Waals surface area contributed by atoms with Crippen LogP contribution >= 0.6 is 11.6 Å². The molecule has 0 aliphatic heterocycles. The Balaban J connectivity index is 2.69. The molecule has 0 aliphatic carbocycles. The van der Waals surface area contributed by atoms with Crippen LogP contribution in [0.15, 0.2) is 24.5 Å². The van der Waals surface area contributed by atoms with Crippen molar-refractivity contribution in [3.05, 3.63) is 40.8 Å². The maximum absolute atomic E-state index is 6.34. The number of hydrogen-bond donors (Lipinski definition) is 1.